The van der Waals surface area contributed by atoms with Crippen molar-refractivity contribution < 1.29 is 14.6 Å². The molecule has 2 N–H and O–H groups in total. The van der Waals surface area contributed by atoms with Crippen LogP contribution in [0.3, 0.4) is 0 Å². The SMILES string of the molecule is CC(C)(C)C1CCC(Oc2ccc3cc(CNC45CCC(CC=O)(CC4)C(O)C5)ccc3c2)CC1. The summed E-state index contributed by atoms with van der Waals surface area (Å²) in [5.41, 5.74) is 1.50. The van der Waals surface area contributed by atoms with E-state index in [1.54, 1.807) is 0 Å². The van der Waals surface area contributed by atoms with Crippen molar-refractivity contribution in [1.29, 1.82) is 0 Å². The molecule has 2 aromatic carbocycles. The molecule has 4 saturated carbocycles. The number of hydrogen-bond acceptors (Lipinski definition) is 4. The maximum Gasteiger partial charge on any atom is 0.120 e. The van der Waals surface area contributed by atoms with Gasteiger partial charge in [-0.15, -0.1) is 0 Å². The molecule has 0 radical (unpaired) electrons. The van der Waals surface area contributed by atoms with Crippen molar-refractivity contribution in [2.24, 2.45) is 16.7 Å². The summed E-state index contributed by atoms with van der Waals surface area (Å²) in [4.78, 5) is 11.1. The Bertz CT molecular complexity index is 1040. The minimum Gasteiger partial charge on any atom is -0.490 e. The van der Waals surface area contributed by atoms with Crippen LogP contribution in [0.4, 0.5) is 0 Å². The van der Waals surface area contributed by atoms with Crippen molar-refractivity contribution >= 4 is 17.1 Å². The molecule has 0 heterocycles. The second kappa shape index (κ2) is 9.52. The topological polar surface area (TPSA) is 58.6 Å². The van der Waals surface area contributed by atoms with Crippen molar-refractivity contribution in [2.45, 2.75) is 109 Å². The van der Waals surface area contributed by atoms with Gasteiger partial charge >= 0.3 is 0 Å². The molecule has 4 heteroatoms. The number of fused-ring (bicyclic) bond motifs is 4. The third kappa shape index (κ3) is 5.15. The van der Waals surface area contributed by atoms with Gasteiger partial charge in [-0.05, 0) is 104 Å². The summed E-state index contributed by atoms with van der Waals surface area (Å²) in [6.07, 6.45) is 11.0. The molecular weight excluding hydrogens is 434 g/mol. The van der Waals surface area contributed by atoms with Crippen molar-refractivity contribution in [2.75, 3.05) is 0 Å². The van der Waals surface area contributed by atoms with E-state index in [1.807, 2.05) is 0 Å². The average molecular weight is 478 g/mol. The van der Waals surface area contributed by atoms with E-state index >= 15 is 0 Å². The zero-order chi connectivity index (χ0) is 24.7. The van der Waals surface area contributed by atoms with Crippen LogP contribution in [0.15, 0.2) is 36.4 Å². The van der Waals surface area contributed by atoms with Crippen LogP contribution in [0.25, 0.3) is 10.8 Å². The minimum absolute atomic E-state index is 0.00268. The fourth-order valence-corrected chi connectivity index (χ4v) is 7.09. The van der Waals surface area contributed by atoms with Gasteiger partial charge in [-0.25, -0.2) is 0 Å². The van der Waals surface area contributed by atoms with Gasteiger partial charge in [0.1, 0.15) is 12.0 Å². The number of carbonyl (C=O) groups is 1. The molecule has 0 aromatic heterocycles. The lowest BCUT2D eigenvalue weighted by molar-refractivity contribution is -0.124. The lowest BCUT2D eigenvalue weighted by Gasteiger charge is -2.56. The molecule has 1 atom stereocenters. The summed E-state index contributed by atoms with van der Waals surface area (Å²) >= 11 is 0. The number of hydrogen-bond donors (Lipinski definition) is 2. The summed E-state index contributed by atoms with van der Waals surface area (Å²) in [7, 11) is 0. The lowest BCUT2D eigenvalue weighted by Crippen LogP contribution is -2.60. The first kappa shape index (κ1) is 24.8. The van der Waals surface area contributed by atoms with Gasteiger partial charge in [-0.1, -0.05) is 39.0 Å². The highest BCUT2D eigenvalue weighted by atomic mass is 16.5. The first-order chi connectivity index (χ1) is 16.7. The Labute approximate surface area is 210 Å². The van der Waals surface area contributed by atoms with Crippen LogP contribution in [-0.2, 0) is 11.3 Å². The Morgan fingerprint density at radius 1 is 1.00 bits per heavy atom. The summed E-state index contributed by atoms with van der Waals surface area (Å²) in [6, 6.07) is 13.2. The molecule has 0 aliphatic heterocycles. The molecule has 0 amide bonds. The largest absolute Gasteiger partial charge is 0.490 e. The predicted octanol–water partition coefficient (Wildman–Crippen LogP) is 6.57. The molecule has 190 valence electrons. The van der Waals surface area contributed by atoms with Crippen molar-refractivity contribution in [3.8, 4) is 5.75 Å². The number of rotatable bonds is 7. The van der Waals surface area contributed by atoms with E-state index in [0.717, 1.165) is 69.4 Å². The molecule has 1 unspecified atom stereocenters. The quantitative estimate of drug-likeness (QED) is 0.443. The first-order valence-corrected chi connectivity index (χ1v) is 13.8. The smallest absolute Gasteiger partial charge is 0.120 e. The normalized spacial score (nSPS) is 33.1. The maximum atomic E-state index is 11.1. The van der Waals surface area contributed by atoms with Gasteiger partial charge in [0.2, 0.25) is 0 Å². The average Bonchev–Trinajstić information content (AvgIpc) is 2.84. The molecule has 4 aliphatic carbocycles. The second-order valence-electron chi connectivity index (χ2n) is 12.9. The Balaban J connectivity index is 1.18. The number of ether oxygens (including phenoxy) is 1. The third-order valence-corrected chi connectivity index (χ3v) is 9.73. The maximum absolute atomic E-state index is 11.1. The van der Waals surface area contributed by atoms with Crippen LogP contribution in [0, 0.1) is 16.7 Å². The molecule has 0 spiro atoms. The van der Waals surface area contributed by atoms with Gasteiger partial charge in [-0.2, -0.15) is 0 Å². The Hall–Kier alpha value is -1.91. The molecule has 4 aliphatic rings. The summed E-state index contributed by atoms with van der Waals surface area (Å²) in [6.45, 7) is 7.89. The van der Waals surface area contributed by atoms with Crippen LogP contribution >= 0.6 is 0 Å². The van der Waals surface area contributed by atoms with Crippen molar-refractivity contribution in [3.05, 3.63) is 42.0 Å². The summed E-state index contributed by atoms with van der Waals surface area (Å²) < 4.78 is 6.39. The second-order valence-corrected chi connectivity index (χ2v) is 12.9. The van der Waals surface area contributed by atoms with Crippen LogP contribution in [0.2, 0.25) is 0 Å². The van der Waals surface area contributed by atoms with E-state index in [1.165, 1.54) is 29.2 Å². The van der Waals surface area contributed by atoms with Gasteiger partial charge in [0.25, 0.3) is 0 Å². The van der Waals surface area contributed by atoms with Crippen molar-refractivity contribution in [1.82, 2.24) is 5.32 Å². The molecule has 0 saturated heterocycles. The first-order valence-electron chi connectivity index (χ1n) is 13.8. The lowest BCUT2D eigenvalue weighted by atomic mass is 9.54. The van der Waals surface area contributed by atoms with E-state index in [2.05, 4.69) is 62.5 Å². The number of aldehydes is 1. The summed E-state index contributed by atoms with van der Waals surface area (Å²) in [5.74, 6) is 1.79. The highest BCUT2D eigenvalue weighted by molar-refractivity contribution is 5.84. The number of carbonyl (C=O) groups excluding carboxylic acids is 1. The van der Waals surface area contributed by atoms with Gasteiger partial charge < -0.3 is 20.0 Å². The van der Waals surface area contributed by atoms with Crippen LogP contribution in [0.5, 0.6) is 5.75 Å². The fraction of sp³-hybridized carbons (Fsp3) is 0.645. The predicted molar refractivity (Wildman–Crippen MR) is 142 cm³/mol. The van der Waals surface area contributed by atoms with Crippen LogP contribution in [0.1, 0.15) is 90.5 Å². The van der Waals surface area contributed by atoms with Gasteiger partial charge in [-0.3, -0.25) is 0 Å². The molecule has 4 nitrogen and oxygen atoms in total. The number of aliphatic hydroxyl groups excluding tert-OH is 1. The molecule has 2 aromatic rings. The Morgan fingerprint density at radius 2 is 1.69 bits per heavy atom. The Kier molecular flexibility index (Phi) is 6.74. The van der Waals surface area contributed by atoms with E-state index in [0.29, 0.717) is 17.9 Å². The van der Waals surface area contributed by atoms with Crippen LogP contribution < -0.4 is 10.1 Å². The standard InChI is InChI=1S/C31H43NO3/c1-29(2,3)25-7-10-26(11-8-25)35-27-9-6-23-18-22(4-5-24(23)19-27)21-32-31-14-12-30(13-15-31,16-17-33)28(34)20-31/h4-6,9,17-19,25-26,28,32,34H,7-8,10-16,20-21H2,1-3H3. The van der Waals surface area contributed by atoms with Crippen LogP contribution in [-0.4, -0.2) is 29.1 Å². The molecular formula is C31H43NO3. The highest BCUT2D eigenvalue weighted by Crippen LogP contribution is 2.54. The fourth-order valence-electron chi connectivity index (χ4n) is 7.09. The number of nitrogens with one attached hydrogen (secondary N) is 1. The van der Waals surface area contributed by atoms with E-state index in [9.17, 15) is 9.90 Å². The van der Waals surface area contributed by atoms with Gasteiger partial charge in [0.15, 0.2) is 0 Å². The zero-order valence-corrected chi connectivity index (χ0v) is 21.8. The van der Waals surface area contributed by atoms with Crippen molar-refractivity contribution in [3.63, 3.8) is 0 Å². The number of benzene rings is 2. The zero-order valence-electron chi connectivity index (χ0n) is 21.8. The Morgan fingerprint density at radius 3 is 2.34 bits per heavy atom. The van der Waals surface area contributed by atoms with Gasteiger partial charge in [0, 0.05) is 23.9 Å². The van der Waals surface area contributed by atoms with E-state index < -0.39 is 0 Å². The van der Waals surface area contributed by atoms with E-state index in [-0.39, 0.29) is 17.1 Å². The minimum atomic E-state index is -0.374. The third-order valence-electron chi connectivity index (χ3n) is 9.73. The summed E-state index contributed by atoms with van der Waals surface area (Å²) in [5, 5.41) is 17.0. The molecule has 35 heavy (non-hydrogen) atoms. The molecule has 4 fully saturated rings. The molecule has 2 bridgehead atoms. The monoisotopic (exact) mass is 477 g/mol. The highest BCUT2D eigenvalue weighted by Gasteiger charge is 2.53. The molecule has 6 rings (SSSR count). The number of aliphatic hydroxyl groups is 1. The van der Waals surface area contributed by atoms with Gasteiger partial charge in [0.05, 0.1) is 12.2 Å². The van der Waals surface area contributed by atoms with E-state index in [4.69, 9.17) is 4.74 Å².